The van der Waals surface area contributed by atoms with Crippen LogP contribution in [0.5, 0.6) is 0 Å². The highest BCUT2D eigenvalue weighted by atomic mass is 19.2. The molecule has 2 aliphatic heterocycles. The van der Waals surface area contributed by atoms with Gasteiger partial charge in [0.25, 0.3) is 11.8 Å². The van der Waals surface area contributed by atoms with E-state index in [0.717, 1.165) is 28.6 Å². The van der Waals surface area contributed by atoms with Gasteiger partial charge in [-0.1, -0.05) is 18.2 Å². The fraction of sp³-hybridized carbons (Fsp3) is 0.250. The number of nitrogens with one attached hydrogen (secondary N) is 2. The minimum absolute atomic E-state index is 0.0872. The van der Waals surface area contributed by atoms with Gasteiger partial charge in [-0.25, -0.2) is 13.6 Å². The summed E-state index contributed by atoms with van der Waals surface area (Å²) in [6.07, 6.45) is 2.87. The average Bonchev–Trinajstić information content (AvgIpc) is 3.43. The summed E-state index contributed by atoms with van der Waals surface area (Å²) in [5.74, 6) is -3.25. The minimum Gasteiger partial charge on any atom is -0.444 e. The molecule has 2 aromatic carbocycles. The van der Waals surface area contributed by atoms with Gasteiger partial charge in [0.15, 0.2) is 11.6 Å². The zero-order chi connectivity index (χ0) is 26.9. The average molecular weight is 519 g/mol. The number of hydrogen-bond donors (Lipinski definition) is 2. The van der Waals surface area contributed by atoms with Crippen molar-refractivity contribution in [2.75, 3.05) is 6.54 Å². The Kier molecular flexibility index (Phi) is 5.20. The van der Waals surface area contributed by atoms with Gasteiger partial charge >= 0.3 is 6.09 Å². The van der Waals surface area contributed by atoms with Gasteiger partial charge in [-0.15, -0.1) is 0 Å². The number of fused-ring (bicyclic) bond motifs is 1. The van der Waals surface area contributed by atoms with E-state index in [4.69, 9.17) is 4.74 Å². The van der Waals surface area contributed by atoms with Crippen molar-refractivity contribution in [1.29, 1.82) is 0 Å². The van der Waals surface area contributed by atoms with Crippen LogP contribution in [0, 0.1) is 11.6 Å². The number of halogens is 2. The van der Waals surface area contributed by atoms with Gasteiger partial charge in [0.05, 0.1) is 23.2 Å². The molecule has 6 rings (SSSR count). The maximum absolute atomic E-state index is 14.1. The predicted octanol–water partition coefficient (Wildman–Crippen LogP) is 4.72. The maximum atomic E-state index is 14.1. The highest BCUT2D eigenvalue weighted by Gasteiger charge is 2.36. The molecule has 0 radical (unpaired) electrons. The number of aromatic amines is 1. The van der Waals surface area contributed by atoms with Crippen LogP contribution in [-0.2, 0) is 27.4 Å². The monoisotopic (exact) mass is 518 g/mol. The quantitative estimate of drug-likeness (QED) is 0.376. The number of carbonyl (C=O) groups excluding carboxylic acids is 3. The van der Waals surface area contributed by atoms with Crippen LogP contribution in [0.2, 0.25) is 0 Å². The molecule has 10 heteroatoms. The van der Waals surface area contributed by atoms with Crippen molar-refractivity contribution in [1.82, 2.24) is 19.8 Å². The predicted molar refractivity (Wildman–Crippen MR) is 137 cm³/mol. The number of carbonyl (C=O) groups is 3. The Labute approximate surface area is 215 Å². The minimum atomic E-state index is -1.05. The van der Waals surface area contributed by atoms with Crippen molar-refractivity contribution in [3.05, 3.63) is 71.1 Å². The summed E-state index contributed by atoms with van der Waals surface area (Å²) in [6.45, 7) is 6.60. The Hall–Kier alpha value is -4.47. The van der Waals surface area contributed by atoms with Crippen molar-refractivity contribution >= 4 is 50.9 Å². The number of imide groups is 1. The Morgan fingerprint density at radius 3 is 2.42 bits per heavy atom. The summed E-state index contributed by atoms with van der Waals surface area (Å²) in [6, 6.07) is 7.64. The molecule has 0 unspecified atom stereocenters. The molecule has 0 atom stereocenters. The van der Waals surface area contributed by atoms with Crippen molar-refractivity contribution in [2.24, 2.45) is 0 Å². The lowest BCUT2D eigenvalue weighted by Gasteiger charge is -2.26. The van der Waals surface area contributed by atoms with E-state index in [1.165, 1.54) is 6.20 Å². The third kappa shape index (κ3) is 3.75. The van der Waals surface area contributed by atoms with Gasteiger partial charge in [0.1, 0.15) is 5.60 Å². The molecule has 0 bridgehead atoms. The standard InChI is InChI=1S/C28H24F2N4O4/c1-28(2,3)38-27(37)34-8-7-33-13-18(15-6-4-5-14(12-34)24(15)33)23-22(25(35)32-26(23)36)17-11-31-21-10-20(30)19(29)9-16(17)21/h4-6,9-11,13,31H,7-8,12H2,1-3H3,(H,32,35,36). The SMILES string of the molecule is CC(C)(C)OC(=O)N1CCn2cc(C3=C(c4c[nH]c5cc(F)c(F)cc45)C(=O)NC3=O)c3cccc(c32)C1. The Bertz CT molecular complexity index is 1720. The molecule has 4 heterocycles. The molecular weight excluding hydrogens is 494 g/mol. The number of aromatic nitrogens is 2. The van der Waals surface area contributed by atoms with Gasteiger partial charge in [0, 0.05) is 59.0 Å². The molecule has 38 heavy (non-hydrogen) atoms. The summed E-state index contributed by atoms with van der Waals surface area (Å²) < 4.78 is 35.4. The number of hydrogen-bond acceptors (Lipinski definition) is 4. The highest BCUT2D eigenvalue weighted by molar-refractivity contribution is 6.50. The number of rotatable bonds is 2. The van der Waals surface area contributed by atoms with E-state index in [0.29, 0.717) is 41.7 Å². The normalized spacial score (nSPS) is 16.0. The highest BCUT2D eigenvalue weighted by Crippen LogP contribution is 2.40. The summed E-state index contributed by atoms with van der Waals surface area (Å²) >= 11 is 0. The van der Waals surface area contributed by atoms with Crippen LogP contribution in [0.3, 0.4) is 0 Å². The molecule has 3 amide bonds. The second-order valence-corrected chi connectivity index (χ2v) is 10.5. The fourth-order valence-electron chi connectivity index (χ4n) is 5.23. The molecule has 0 saturated heterocycles. The zero-order valence-corrected chi connectivity index (χ0v) is 20.9. The van der Waals surface area contributed by atoms with Gasteiger partial charge < -0.3 is 19.2 Å². The number of benzene rings is 2. The van der Waals surface area contributed by atoms with Crippen molar-refractivity contribution in [3.63, 3.8) is 0 Å². The fourth-order valence-corrected chi connectivity index (χ4v) is 5.23. The number of H-pyrrole nitrogens is 1. The third-order valence-corrected chi connectivity index (χ3v) is 6.80. The van der Waals surface area contributed by atoms with Crippen LogP contribution in [0.25, 0.3) is 33.0 Å². The van der Waals surface area contributed by atoms with Gasteiger partial charge in [-0.3, -0.25) is 14.9 Å². The van der Waals surface area contributed by atoms with E-state index < -0.39 is 35.1 Å². The molecule has 0 fully saturated rings. The molecule has 2 aromatic heterocycles. The molecule has 4 aromatic rings. The van der Waals surface area contributed by atoms with E-state index >= 15 is 0 Å². The van der Waals surface area contributed by atoms with Crippen LogP contribution in [-0.4, -0.2) is 44.5 Å². The Morgan fingerprint density at radius 1 is 0.974 bits per heavy atom. The van der Waals surface area contributed by atoms with Gasteiger partial charge in [0.2, 0.25) is 0 Å². The number of amides is 3. The summed E-state index contributed by atoms with van der Waals surface area (Å²) in [4.78, 5) is 43.4. The number of nitrogens with zero attached hydrogens (tertiary/aromatic N) is 2. The van der Waals surface area contributed by atoms with Crippen LogP contribution in [0.4, 0.5) is 13.6 Å². The van der Waals surface area contributed by atoms with Crippen LogP contribution >= 0.6 is 0 Å². The topological polar surface area (TPSA) is 96.4 Å². The van der Waals surface area contributed by atoms with Crippen LogP contribution in [0.1, 0.15) is 37.5 Å². The summed E-state index contributed by atoms with van der Waals surface area (Å²) in [5, 5.41) is 3.39. The molecule has 2 N–H and O–H groups in total. The maximum Gasteiger partial charge on any atom is 0.410 e. The van der Waals surface area contributed by atoms with Gasteiger partial charge in [-0.05, 0) is 32.4 Å². The molecule has 194 valence electrons. The lowest BCUT2D eigenvalue weighted by atomic mass is 9.95. The molecule has 0 saturated carbocycles. The molecular formula is C28H24F2N4O4. The molecule has 0 spiro atoms. The molecule has 2 aliphatic rings. The molecule has 8 nitrogen and oxygen atoms in total. The first-order chi connectivity index (χ1) is 18.0. The summed E-state index contributed by atoms with van der Waals surface area (Å²) in [7, 11) is 0. The first-order valence-electron chi connectivity index (χ1n) is 12.2. The van der Waals surface area contributed by atoms with Crippen LogP contribution < -0.4 is 5.32 Å². The second kappa shape index (κ2) is 8.27. The molecule has 0 aliphatic carbocycles. The van der Waals surface area contributed by atoms with E-state index in [9.17, 15) is 23.2 Å². The number of para-hydroxylation sites is 1. The second-order valence-electron chi connectivity index (χ2n) is 10.5. The lowest BCUT2D eigenvalue weighted by Crippen LogP contribution is -2.37. The van der Waals surface area contributed by atoms with Crippen LogP contribution in [0.15, 0.2) is 42.7 Å². The van der Waals surface area contributed by atoms with E-state index in [2.05, 4.69) is 10.3 Å². The smallest absolute Gasteiger partial charge is 0.410 e. The zero-order valence-electron chi connectivity index (χ0n) is 20.9. The Morgan fingerprint density at radius 2 is 1.68 bits per heavy atom. The Balaban J connectivity index is 1.50. The first-order valence-corrected chi connectivity index (χ1v) is 12.2. The van der Waals surface area contributed by atoms with Crippen molar-refractivity contribution in [2.45, 2.75) is 39.5 Å². The van der Waals surface area contributed by atoms with Crippen molar-refractivity contribution in [3.8, 4) is 0 Å². The van der Waals surface area contributed by atoms with Crippen molar-refractivity contribution < 1.29 is 27.9 Å². The first kappa shape index (κ1) is 23.9. The van der Waals surface area contributed by atoms with E-state index in [1.807, 2.05) is 43.5 Å². The summed E-state index contributed by atoms with van der Waals surface area (Å²) in [5.41, 5.74) is 2.49. The van der Waals surface area contributed by atoms with Gasteiger partial charge in [-0.2, -0.15) is 0 Å². The van der Waals surface area contributed by atoms with E-state index in [1.54, 1.807) is 11.1 Å². The number of ether oxygens (including phenoxy) is 1. The van der Waals surface area contributed by atoms with E-state index in [-0.39, 0.29) is 11.1 Å². The largest absolute Gasteiger partial charge is 0.444 e. The lowest BCUT2D eigenvalue weighted by molar-refractivity contribution is -0.122. The third-order valence-electron chi connectivity index (χ3n) is 6.80.